The van der Waals surface area contributed by atoms with Gasteiger partial charge in [-0.2, -0.15) is 0 Å². The van der Waals surface area contributed by atoms with E-state index in [-0.39, 0.29) is 27.5 Å². The van der Waals surface area contributed by atoms with Crippen molar-refractivity contribution in [1.82, 2.24) is 0 Å². The molecule has 1 heterocycles. The van der Waals surface area contributed by atoms with Gasteiger partial charge in [0.1, 0.15) is 0 Å². The van der Waals surface area contributed by atoms with Gasteiger partial charge >= 0.3 is 5.97 Å². The highest BCUT2D eigenvalue weighted by molar-refractivity contribution is 7.95. The number of benzene rings is 1. The number of rotatable bonds is 4. The van der Waals surface area contributed by atoms with Gasteiger partial charge in [0.15, 0.2) is 0 Å². The molecule has 0 aromatic heterocycles. The summed E-state index contributed by atoms with van der Waals surface area (Å²) in [7, 11) is 2.67. The highest BCUT2D eigenvalue weighted by Gasteiger charge is 2.46. The average Bonchev–Trinajstić information content (AvgIpc) is 2.94. The summed E-state index contributed by atoms with van der Waals surface area (Å²) in [6.07, 6.45) is 3.15. The molecule has 1 aromatic carbocycles. The van der Waals surface area contributed by atoms with Crippen LogP contribution in [0.2, 0.25) is 0 Å². The summed E-state index contributed by atoms with van der Waals surface area (Å²) in [6.45, 7) is 11.6. The maximum atomic E-state index is 11.7. The van der Waals surface area contributed by atoms with Crippen LogP contribution in [0.5, 0.6) is 0 Å². The number of carbonyl (C=O) groups is 1. The number of hydrogen-bond acceptors (Lipinski definition) is 4. The molecule has 0 fully saturated rings. The van der Waals surface area contributed by atoms with E-state index in [1.165, 1.54) is 40.1 Å². The third-order valence-electron chi connectivity index (χ3n) is 6.00. The van der Waals surface area contributed by atoms with Gasteiger partial charge in [0, 0.05) is 16.2 Å². The maximum Gasteiger partial charge on any atom is 0.337 e. The zero-order valence-corrected chi connectivity index (χ0v) is 18.8. The van der Waals surface area contributed by atoms with Gasteiger partial charge in [-0.3, -0.25) is 0 Å². The number of esters is 1. The number of ether oxygens (including phenoxy) is 1. The van der Waals surface area contributed by atoms with Crippen LogP contribution in [0, 0.1) is 10.8 Å². The molecular weight excluding hydrogens is 370 g/mol. The molecule has 1 aliphatic carbocycles. The first-order valence-corrected chi connectivity index (χ1v) is 10.9. The second-order valence-electron chi connectivity index (χ2n) is 8.93. The molecule has 0 saturated heterocycles. The Morgan fingerprint density at radius 1 is 1.07 bits per heavy atom. The van der Waals surface area contributed by atoms with Crippen LogP contribution in [-0.2, 0) is 26.7 Å². The lowest BCUT2D eigenvalue weighted by molar-refractivity contribution is 0.0600. The standard InChI is InChI=1S/C23H31NO3S/c1-15-18(14-16-8-10-17(11-9-16)21(25)26-6)28(24-27-7)20-19(15)22(2,3)12-13-23(20,4)5/h8-11H,12-14H2,1-7H3. The molecule has 28 heavy (non-hydrogen) atoms. The first kappa shape index (κ1) is 21.0. The molecule has 2 aliphatic rings. The van der Waals surface area contributed by atoms with E-state index in [2.05, 4.69) is 39.1 Å². The van der Waals surface area contributed by atoms with E-state index in [1.54, 1.807) is 7.11 Å². The van der Waals surface area contributed by atoms with Gasteiger partial charge in [0.05, 0.1) is 19.8 Å². The lowest BCUT2D eigenvalue weighted by atomic mass is 9.65. The molecule has 1 unspecified atom stereocenters. The van der Waals surface area contributed by atoms with Crippen LogP contribution in [0.15, 0.2) is 49.7 Å². The van der Waals surface area contributed by atoms with Crippen molar-refractivity contribution in [3.05, 3.63) is 56.3 Å². The summed E-state index contributed by atoms with van der Waals surface area (Å²) in [6, 6.07) is 7.68. The van der Waals surface area contributed by atoms with Crippen molar-refractivity contribution in [3.8, 4) is 0 Å². The molecule has 0 saturated carbocycles. The van der Waals surface area contributed by atoms with E-state index >= 15 is 0 Å². The third-order valence-corrected chi connectivity index (χ3v) is 8.36. The molecule has 1 aromatic rings. The predicted molar refractivity (Wildman–Crippen MR) is 115 cm³/mol. The van der Waals surface area contributed by atoms with Gasteiger partial charge in [0.2, 0.25) is 0 Å². The van der Waals surface area contributed by atoms with E-state index in [4.69, 9.17) is 9.57 Å². The number of hydrogen-bond donors (Lipinski definition) is 0. The third kappa shape index (κ3) is 3.62. The number of nitrogens with zero attached hydrogens (tertiary/aromatic N) is 1. The summed E-state index contributed by atoms with van der Waals surface area (Å²) >= 11 is 0. The van der Waals surface area contributed by atoms with Crippen LogP contribution < -0.4 is 0 Å². The molecule has 1 aliphatic heterocycles. The fraction of sp³-hybridized carbons (Fsp3) is 0.522. The molecule has 0 bridgehead atoms. The maximum absolute atomic E-state index is 11.7. The number of allylic oxidation sites excluding steroid dienone is 4. The summed E-state index contributed by atoms with van der Waals surface area (Å²) in [5.41, 5.74) is 4.86. The number of carbonyl (C=O) groups excluding carboxylic acids is 1. The molecule has 5 heteroatoms. The summed E-state index contributed by atoms with van der Waals surface area (Å²) in [5.74, 6) is -0.308. The van der Waals surface area contributed by atoms with E-state index < -0.39 is 0 Å². The van der Waals surface area contributed by atoms with Crippen molar-refractivity contribution in [2.24, 2.45) is 15.4 Å². The molecule has 4 nitrogen and oxygen atoms in total. The van der Waals surface area contributed by atoms with Gasteiger partial charge < -0.3 is 4.74 Å². The van der Waals surface area contributed by atoms with Gasteiger partial charge in [0.25, 0.3) is 0 Å². The monoisotopic (exact) mass is 401 g/mol. The second kappa shape index (κ2) is 7.60. The highest BCUT2D eigenvalue weighted by atomic mass is 32.2. The fourth-order valence-corrected chi connectivity index (χ4v) is 6.88. The molecule has 1 atom stereocenters. The first-order chi connectivity index (χ1) is 13.1. The largest absolute Gasteiger partial charge is 0.465 e. The van der Waals surface area contributed by atoms with E-state index in [0.717, 1.165) is 12.8 Å². The Hall–Kier alpha value is -1.72. The van der Waals surface area contributed by atoms with Crippen molar-refractivity contribution in [1.29, 1.82) is 0 Å². The molecule has 0 radical (unpaired) electrons. The molecule has 0 spiro atoms. The Balaban J connectivity index is 2.03. The Labute approximate surface area is 171 Å². The normalized spacial score (nSPS) is 23.2. The Bertz CT molecular complexity index is 889. The van der Waals surface area contributed by atoms with Gasteiger partial charge in [-0.05, 0) is 70.1 Å². The van der Waals surface area contributed by atoms with E-state index in [1.807, 2.05) is 24.3 Å². The molecule has 152 valence electrons. The van der Waals surface area contributed by atoms with Gasteiger partial charge in [-0.25, -0.2) is 9.63 Å². The second-order valence-corrected chi connectivity index (χ2v) is 10.5. The van der Waals surface area contributed by atoms with E-state index in [9.17, 15) is 4.79 Å². The van der Waals surface area contributed by atoms with Crippen molar-refractivity contribution in [2.45, 2.75) is 53.9 Å². The van der Waals surface area contributed by atoms with Crippen LogP contribution in [0.4, 0.5) is 0 Å². The zero-order valence-electron chi connectivity index (χ0n) is 18.0. The smallest absolute Gasteiger partial charge is 0.337 e. The van der Waals surface area contributed by atoms with Crippen LogP contribution in [0.3, 0.4) is 0 Å². The summed E-state index contributed by atoms with van der Waals surface area (Å²) < 4.78 is 9.39. The lowest BCUT2D eigenvalue weighted by Gasteiger charge is -2.41. The Kier molecular flexibility index (Phi) is 5.70. The summed E-state index contributed by atoms with van der Waals surface area (Å²) in [4.78, 5) is 19.8. The minimum atomic E-state index is -0.374. The molecular formula is C23H31NO3S. The van der Waals surface area contributed by atoms with Crippen LogP contribution >= 0.6 is 0 Å². The zero-order chi connectivity index (χ0) is 20.7. The fourth-order valence-electron chi connectivity index (χ4n) is 4.37. The first-order valence-electron chi connectivity index (χ1n) is 9.73. The quantitative estimate of drug-likeness (QED) is 0.475. The molecule has 0 amide bonds. The van der Waals surface area contributed by atoms with Crippen LogP contribution in [0.1, 0.15) is 63.4 Å². The molecule has 3 rings (SSSR count). The average molecular weight is 402 g/mol. The van der Waals surface area contributed by atoms with Gasteiger partial charge in [-0.15, -0.1) is 4.53 Å². The predicted octanol–water partition coefficient (Wildman–Crippen LogP) is 5.77. The number of methoxy groups -OCH3 is 1. The topological polar surface area (TPSA) is 47.9 Å². The van der Waals surface area contributed by atoms with Crippen molar-refractivity contribution in [2.75, 3.05) is 14.2 Å². The van der Waals surface area contributed by atoms with Crippen molar-refractivity contribution >= 4 is 16.7 Å². The minimum Gasteiger partial charge on any atom is -0.465 e. The Morgan fingerprint density at radius 3 is 2.25 bits per heavy atom. The minimum absolute atomic E-state index is 0.119. The van der Waals surface area contributed by atoms with Crippen LogP contribution in [-0.4, -0.2) is 20.2 Å². The SMILES string of the molecule is CO/N=S1\C(Cc2ccc(C(=O)OC)cc2)=C(C)C2=C1C(C)(C)CCC2(C)C. The van der Waals surface area contributed by atoms with Gasteiger partial charge in [-0.1, -0.05) is 39.8 Å². The molecule has 0 N–H and O–H groups in total. The summed E-state index contributed by atoms with van der Waals surface area (Å²) in [5, 5.41) is 0. The van der Waals surface area contributed by atoms with Crippen molar-refractivity contribution in [3.63, 3.8) is 0 Å². The van der Waals surface area contributed by atoms with Crippen LogP contribution in [0.25, 0.3) is 0 Å². The van der Waals surface area contributed by atoms with E-state index in [0.29, 0.717) is 5.56 Å². The highest BCUT2D eigenvalue weighted by Crippen LogP contribution is 2.57. The Morgan fingerprint density at radius 2 is 1.68 bits per heavy atom. The lowest BCUT2D eigenvalue weighted by Crippen LogP contribution is -2.30. The van der Waals surface area contributed by atoms with Crippen molar-refractivity contribution < 1.29 is 14.4 Å².